The molecule has 1 heterocycles. The van der Waals surface area contributed by atoms with Crippen LogP contribution in [0.2, 0.25) is 0 Å². The summed E-state index contributed by atoms with van der Waals surface area (Å²) in [6, 6.07) is 11.2. The Kier molecular flexibility index (Phi) is 3.89. The molecule has 2 N–H and O–H groups in total. The number of halogens is 1. The van der Waals surface area contributed by atoms with Gasteiger partial charge in [0.05, 0.1) is 19.9 Å². The molecule has 0 atom stereocenters. The van der Waals surface area contributed by atoms with Crippen molar-refractivity contribution >= 4 is 22.5 Å². The SMILES string of the molecule is COc1ccc(NC(=O)c2cc3c(F)cccc3[nH]2)c(OC)c1. The monoisotopic (exact) mass is 314 g/mol. The van der Waals surface area contributed by atoms with E-state index in [1.54, 1.807) is 37.4 Å². The number of hydrogen-bond donors (Lipinski definition) is 2. The number of hydrogen-bond acceptors (Lipinski definition) is 3. The van der Waals surface area contributed by atoms with Gasteiger partial charge in [0.1, 0.15) is 23.0 Å². The van der Waals surface area contributed by atoms with Gasteiger partial charge in [-0.1, -0.05) is 6.07 Å². The Morgan fingerprint density at radius 2 is 1.96 bits per heavy atom. The maximum Gasteiger partial charge on any atom is 0.272 e. The Hall–Kier alpha value is -3.02. The zero-order valence-corrected chi connectivity index (χ0v) is 12.6. The van der Waals surface area contributed by atoms with Gasteiger partial charge < -0.3 is 19.8 Å². The fraction of sp³-hybridized carbons (Fsp3) is 0.118. The number of aromatic nitrogens is 1. The lowest BCUT2D eigenvalue weighted by Crippen LogP contribution is -2.13. The number of aromatic amines is 1. The lowest BCUT2D eigenvalue weighted by Gasteiger charge is -2.11. The van der Waals surface area contributed by atoms with E-state index in [0.717, 1.165) is 0 Å². The van der Waals surface area contributed by atoms with E-state index in [-0.39, 0.29) is 17.4 Å². The molecule has 0 unspecified atom stereocenters. The lowest BCUT2D eigenvalue weighted by atomic mass is 10.2. The molecule has 0 aliphatic carbocycles. The second-order valence-electron chi connectivity index (χ2n) is 4.90. The number of benzene rings is 2. The second kappa shape index (κ2) is 6.00. The molecule has 6 heteroatoms. The Labute approximate surface area is 132 Å². The highest BCUT2D eigenvalue weighted by molar-refractivity contribution is 6.06. The number of rotatable bonds is 4. The minimum absolute atomic E-state index is 0.267. The van der Waals surface area contributed by atoms with Gasteiger partial charge in [-0.25, -0.2) is 4.39 Å². The van der Waals surface area contributed by atoms with Crippen molar-refractivity contribution in [1.29, 1.82) is 0 Å². The second-order valence-corrected chi connectivity index (χ2v) is 4.90. The van der Waals surface area contributed by atoms with Crippen LogP contribution in [-0.4, -0.2) is 25.1 Å². The molecule has 0 saturated heterocycles. The smallest absolute Gasteiger partial charge is 0.272 e. The summed E-state index contributed by atoms with van der Waals surface area (Å²) in [6.45, 7) is 0. The summed E-state index contributed by atoms with van der Waals surface area (Å²) < 4.78 is 24.1. The van der Waals surface area contributed by atoms with Crippen molar-refractivity contribution in [3.8, 4) is 11.5 Å². The molecule has 0 fully saturated rings. The molecule has 2 aromatic carbocycles. The van der Waals surface area contributed by atoms with E-state index in [1.165, 1.54) is 19.2 Å². The van der Waals surface area contributed by atoms with Gasteiger partial charge in [-0.3, -0.25) is 4.79 Å². The molecule has 3 aromatic rings. The number of amides is 1. The summed E-state index contributed by atoms with van der Waals surface area (Å²) in [4.78, 5) is 15.3. The molecule has 0 aliphatic heterocycles. The predicted octanol–water partition coefficient (Wildman–Crippen LogP) is 3.58. The fourth-order valence-corrected chi connectivity index (χ4v) is 2.33. The number of carbonyl (C=O) groups is 1. The molecule has 0 radical (unpaired) electrons. The molecule has 1 aromatic heterocycles. The zero-order valence-electron chi connectivity index (χ0n) is 12.6. The Bertz CT molecular complexity index is 873. The minimum atomic E-state index is -0.385. The summed E-state index contributed by atoms with van der Waals surface area (Å²) in [5.41, 5.74) is 1.33. The van der Waals surface area contributed by atoms with E-state index < -0.39 is 0 Å². The third-order valence-electron chi connectivity index (χ3n) is 3.51. The van der Waals surface area contributed by atoms with Crippen LogP contribution in [0.15, 0.2) is 42.5 Å². The molecule has 3 rings (SSSR count). The zero-order chi connectivity index (χ0) is 16.4. The van der Waals surface area contributed by atoms with E-state index >= 15 is 0 Å². The van der Waals surface area contributed by atoms with Gasteiger partial charge in [0.25, 0.3) is 5.91 Å². The lowest BCUT2D eigenvalue weighted by molar-refractivity contribution is 0.102. The largest absolute Gasteiger partial charge is 0.497 e. The van der Waals surface area contributed by atoms with Crippen molar-refractivity contribution < 1.29 is 18.7 Å². The fourth-order valence-electron chi connectivity index (χ4n) is 2.33. The summed E-state index contributed by atoms with van der Waals surface area (Å²) in [5.74, 6) is 0.330. The summed E-state index contributed by atoms with van der Waals surface area (Å²) in [6.07, 6.45) is 0. The first-order valence-corrected chi connectivity index (χ1v) is 6.93. The maximum absolute atomic E-state index is 13.7. The van der Waals surface area contributed by atoms with Crippen LogP contribution in [-0.2, 0) is 0 Å². The van der Waals surface area contributed by atoms with Crippen molar-refractivity contribution in [1.82, 2.24) is 4.98 Å². The Morgan fingerprint density at radius 3 is 2.65 bits per heavy atom. The number of methoxy groups -OCH3 is 2. The first kappa shape index (κ1) is 14.9. The minimum Gasteiger partial charge on any atom is -0.497 e. The number of carbonyl (C=O) groups excluding carboxylic acids is 1. The van der Waals surface area contributed by atoms with Crippen molar-refractivity contribution in [3.63, 3.8) is 0 Å². The number of nitrogens with one attached hydrogen (secondary N) is 2. The third kappa shape index (κ3) is 2.83. The third-order valence-corrected chi connectivity index (χ3v) is 3.51. The van der Waals surface area contributed by atoms with Gasteiger partial charge >= 0.3 is 0 Å². The molecule has 1 amide bonds. The first-order chi connectivity index (χ1) is 11.1. The number of fused-ring (bicyclic) bond motifs is 1. The predicted molar refractivity (Wildman–Crippen MR) is 85.8 cm³/mol. The van der Waals surface area contributed by atoms with Crippen LogP contribution in [0.25, 0.3) is 10.9 Å². The number of H-pyrrole nitrogens is 1. The molecule has 0 aliphatic rings. The topological polar surface area (TPSA) is 63.3 Å². The van der Waals surface area contributed by atoms with Crippen LogP contribution < -0.4 is 14.8 Å². The average molecular weight is 314 g/mol. The van der Waals surface area contributed by atoms with Crippen molar-refractivity contribution in [3.05, 3.63) is 54.0 Å². The normalized spacial score (nSPS) is 10.6. The van der Waals surface area contributed by atoms with E-state index in [0.29, 0.717) is 28.1 Å². The first-order valence-electron chi connectivity index (χ1n) is 6.93. The summed E-state index contributed by atoms with van der Waals surface area (Å²) in [5, 5.41) is 3.11. The molecule has 23 heavy (non-hydrogen) atoms. The number of ether oxygens (including phenoxy) is 2. The highest BCUT2D eigenvalue weighted by Gasteiger charge is 2.14. The van der Waals surface area contributed by atoms with Crippen LogP contribution in [0, 0.1) is 5.82 Å². The average Bonchev–Trinajstić information content (AvgIpc) is 3.01. The van der Waals surface area contributed by atoms with Gasteiger partial charge in [0.2, 0.25) is 0 Å². The molecule has 0 bridgehead atoms. The van der Waals surface area contributed by atoms with E-state index in [9.17, 15) is 9.18 Å². The maximum atomic E-state index is 13.7. The molecule has 0 saturated carbocycles. The number of anilines is 1. The quantitative estimate of drug-likeness (QED) is 0.774. The highest BCUT2D eigenvalue weighted by Crippen LogP contribution is 2.29. The molecular weight excluding hydrogens is 299 g/mol. The van der Waals surface area contributed by atoms with E-state index in [2.05, 4.69) is 10.3 Å². The van der Waals surface area contributed by atoms with Gasteiger partial charge in [0, 0.05) is 17.0 Å². The van der Waals surface area contributed by atoms with Crippen LogP contribution in [0.3, 0.4) is 0 Å². The molecule has 0 spiro atoms. The van der Waals surface area contributed by atoms with E-state index in [4.69, 9.17) is 9.47 Å². The molecular formula is C17H15FN2O3. The summed E-state index contributed by atoms with van der Waals surface area (Å²) in [7, 11) is 3.05. The van der Waals surface area contributed by atoms with Gasteiger partial charge in [-0.2, -0.15) is 0 Å². The van der Waals surface area contributed by atoms with Crippen molar-refractivity contribution in [2.75, 3.05) is 19.5 Å². The van der Waals surface area contributed by atoms with Gasteiger partial charge in [0.15, 0.2) is 0 Å². The van der Waals surface area contributed by atoms with Gasteiger partial charge in [-0.05, 0) is 30.3 Å². The molecule has 5 nitrogen and oxygen atoms in total. The highest BCUT2D eigenvalue weighted by atomic mass is 19.1. The standard InChI is InChI=1S/C17H15FN2O3/c1-22-10-6-7-14(16(8-10)23-2)20-17(21)15-9-11-12(18)4-3-5-13(11)19-15/h3-9,19H,1-2H3,(H,20,21). The van der Waals surface area contributed by atoms with Crippen LogP contribution in [0.4, 0.5) is 10.1 Å². The Morgan fingerprint density at radius 1 is 1.13 bits per heavy atom. The van der Waals surface area contributed by atoms with Gasteiger partial charge in [-0.15, -0.1) is 0 Å². The summed E-state index contributed by atoms with van der Waals surface area (Å²) >= 11 is 0. The Balaban J connectivity index is 1.90. The van der Waals surface area contributed by atoms with E-state index in [1.807, 2.05) is 0 Å². The van der Waals surface area contributed by atoms with Crippen LogP contribution in [0.5, 0.6) is 11.5 Å². The van der Waals surface area contributed by atoms with Crippen LogP contribution >= 0.6 is 0 Å². The van der Waals surface area contributed by atoms with Crippen LogP contribution in [0.1, 0.15) is 10.5 Å². The van der Waals surface area contributed by atoms with Crippen molar-refractivity contribution in [2.24, 2.45) is 0 Å². The molecule has 118 valence electrons. The van der Waals surface area contributed by atoms with Crippen molar-refractivity contribution in [2.45, 2.75) is 0 Å².